The molecular formula is C27H36FN5O4. The zero-order chi connectivity index (χ0) is 25.8. The molecular weight excluding hydrogens is 477 g/mol. The van der Waals surface area contributed by atoms with Crippen molar-refractivity contribution in [1.82, 2.24) is 19.8 Å². The number of likely N-dealkylation sites (tertiary alicyclic amines) is 1. The van der Waals surface area contributed by atoms with Crippen LogP contribution in [0, 0.1) is 5.82 Å². The van der Waals surface area contributed by atoms with Crippen LogP contribution in [-0.2, 0) is 21.6 Å². The molecule has 1 unspecified atom stereocenters. The molecule has 0 radical (unpaired) electrons. The van der Waals surface area contributed by atoms with Gasteiger partial charge in [0.1, 0.15) is 11.4 Å². The minimum Gasteiger partial charge on any atom is -0.382 e. The standard InChI is InChI=1S/C27H36FN5O4/c1-2-29-21(12-19-15-36-10-3-11-37-16-19)13-30-20-6-8-32(9-7-20)17-27(35)18-33-24(34)5-4-23-26(33)25(27)22(28)14-31-23/h4-5,12,14,20,30,35H,2-3,6-11,13,15-18H2,1H3. The molecule has 0 amide bonds. The lowest BCUT2D eigenvalue weighted by molar-refractivity contribution is -0.0158. The molecule has 9 nitrogen and oxygen atoms in total. The minimum absolute atomic E-state index is 0.0399. The van der Waals surface area contributed by atoms with Crippen LogP contribution in [0.15, 0.2) is 39.8 Å². The van der Waals surface area contributed by atoms with Gasteiger partial charge in [0.2, 0.25) is 0 Å². The van der Waals surface area contributed by atoms with Gasteiger partial charge in [0, 0.05) is 50.7 Å². The molecule has 0 bridgehead atoms. The van der Waals surface area contributed by atoms with Crippen LogP contribution in [0.1, 0.15) is 31.7 Å². The summed E-state index contributed by atoms with van der Waals surface area (Å²) in [5, 5.41) is 15.2. The number of pyridine rings is 2. The molecule has 3 aliphatic rings. The van der Waals surface area contributed by atoms with Crippen molar-refractivity contribution in [2.75, 3.05) is 59.2 Å². The van der Waals surface area contributed by atoms with Crippen LogP contribution in [0.5, 0.6) is 0 Å². The van der Waals surface area contributed by atoms with E-state index in [1.54, 1.807) is 6.07 Å². The highest BCUT2D eigenvalue weighted by Gasteiger charge is 2.43. The number of piperidine rings is 1. The predicted octanol–water partition coefficient (Wildman–Crippen LogP) is 1.62. The number of hydrogen-bond acceptors (Lipinski definition) is 8. The van der Waals surface area contributed by atoms with E-state index in [9.17, 15) is 14.3 Å². The number of nitrogens with one attached hydrogen (secondary N) is 1. The summed E-state index contributed by atoms with van der Waals surface area (Å²) in [7, 11) is 0. The number of β-amino-alcohol motifs (C(OH)–C–C–N with tert-alkyl or cyclic N) is 1. The number of nitrogens with zero attached hydrogens (tertiary/aromatic N) is 4. The Morgan fingerprint density at radius 1 is 1.30 bits per heavy atom. The van der Waals surface area contributed by atoms with Crippen molar-refractivity contribution in [3.05, 3.63) is 51.7 Å². The molecule has 0 spiro atoms. The summed E-state index contributed by atoms with van der Waals surface area (Å²) in [6.07, 6.45) is 5.96. The van der Waals surface area contributed by atoms with Crippen molar-refractivity contribution in [3.63, 3.8) is 0 Å². The molecule has 3 aliphatic heterocycles. The number of aliphatic hydroxyl groups is 1. The highest BCUT2D eigenvalue weighted by molar-refractivity contribution is 5.97. The first-order chi connectivity index (χ1) is 18.0. The first-order valence-electron chi connectivity index (χ1n) is 13.2. The molecule has 2 aromatic heterocycles. The van der Waals surface area contributed by atoms with Crippen LogP contribution in [0.25, 0.3) is 11.0 Å². The predicted molar refractivity (Wildman–Crippen MR) is 140 cm³/mol. The fourth-order valence-corrected chi connectivity index (χ4v) is 5.61. The van der Waals surface area contributed by atoms with Crippen LogP contribution in [0.4, 0.5) is 4.39 Å². The number of halogens is 1. The van der Waals surface area contributed by atoms with Crippen molar-refractivity contribution in [3.8, 4) is 0 Å². The fraction of sp³-hybridized carbons (Fsp3) is 0.593. The number of aromatic nitrogens is 2. The Morgan fingerprint density at radius 2 is 2.05 bits per heavy atom. The van der Waals surface area contributed by atoms with Crippen LogP contribution in [-0.4, -0.2) is 90.5 Å². The van der Waals surface area contributed by atoms with Crippen molar-refractivity contribution < 1.29 is 19.0 Å². The molecule has 37 heavy (non-hydrogen) atoms. The zero-order valence-corrected chi connectivity index (χ0v) is 21.4. The van der Waals surface area contributed by atoms with E-state index in [4.69, 9.17) is 9.47 Å². The van der Waals surface area contributed by atoms with E-state index in [0.29, 0.717) is 56.6 Å². The lowest BCUT2D eigenvalue weighted by atomic mass is 9.93. The maximum Gasteiger partial charge on any atom is 0.251 e. The molecule has 1 atom stereocenters. The molecule has 10 heteroatoms. The molecule has 2 N–H and O–H groups in total. The minimum atomic E-state index is -1.46. The van der Waals surface area contributed by atoms with E-state index >= 15 is 0 Å². The van der Waals surface area contributed by atoms with E-state index in [2.05, 4.69) is 26.3 Å². The Balaban J connectivity index is 1.18. The Bertz CT molecular complexity index is 1230. The topological polar surface area (TPSA) is 101 Å². The van der Waals surface area contributed by atoms with Crippen molar-refractivity contribution in [2.24, 2.45) is 4.99 Å². The van der Waals surface area contributed by atoms with Gasteiger partial charge in [0.05, 0.1) is 42.6 Å². The van der Waals surface area contributed by atoms with Crippen molar-refractivity contribution in [2.45, 2.75) is 44.4 Å². The average Bonchev–Trinajstić information content (AvgIpc) is 3.18. The maximum absolute atomic E-state index is 14.8. The third kappa shape index (κ3) is 5.83. The van der Waals surface area contributed by atoms with Gasteiger partial charge in [-0.25, -0.2) is 4.39 Å². The largest absolute Gasteiger partial charge is 0.382 e. The van der Waals surface area contributed by atoms with Gasteiger partial charge in [-0.15, -0.1) is 0 Å². The van der Waals surface area contributed by atoms with E-state index in [1.807, 2.05) is 6.92 Å². The summed E-state index contributed by atoms with van der Waals surface area (Å²) < 4.78 is 27.7. The van der Waals surface area contributed by atoms with Crippen LogP contribution < -0.4 is 10.9 Å². The molecule has 0 aliphatic carbocycles. The summed E-state index contributed by atoms with van der Waals surface area (Å²) in [5.74, 6) is -0.569. The number of hydrogen-bond donors (Lipinski definition) is 2. The van der Waals surface area contributed by atoms with Gasteiger partial charge in [0.15, 0.2) is 0 Å². The summed E-state index contributed by atoms with van der Waals surface area (Å²) >= 11 is 0. The first-order valence-corrected chi connectivity index (χ1v) is 13.2. The average molecular weight is 514 g/mol. The highest BCUT2D eigenvalue weighted by atomic mass is 19.1. The summed E-state index contributed by atoms with van der Waals surface area (Å²) in [6, 6.07) is 3.33. The van der Waals surface area contributed by atoms with Gasteiger partial charge in [-0.3, -0.25) is 19.7 Å². The number of rotatable bonds is 7. The van der Waals surface area contributed by atoms with Gasteiger partial charge in [0.25, 0.3) is 5.56 Å². The van der Waals surface area contributed by atoms with Crippen LogP contribution in [0.2, 0.25) is 0 Å². The Labute approximate surface area is 216 Å². The van der Waals surface area contributed by atoms with Crippen molar-refractivity contribution >= 4 is 16.7 Å². The summed E-state index contributed by atoms with van der Waals surface area (Å²) in [4.78, 5) is 23.3. The zero-order valence-electron chi connectivity index (χ0n) is 21.4. The molecule has 0 aromatic carbocycles. The lowest BCUT2D eigenvalue weighted by Crippen LogP contribution is -2.49. The van der Waals surface area contributed by atoms with Gasteiger partial charge in [-0.05, 0) is 57.0 Å². The van der Waals surface area contributed by atoms with Gasteiger partial charge in [-0.1, -0.05) is 0 Å². The van der Waals surface area contributed by atoms with E-state index in [1.165, 1.54) is 10.6 Å². The second-order valence-electron chi connectivity index (χ2n) is 10.2. The van der Waals surface area contributed by atoms with Crippen LogP contribution in [0.3, 0.4) is 0 Å². The van der Waals surface area contributed by atoms with Gasteiger partial charge in [-0.2, -0.15) is 0 Å². The monoisotopic (exact) mass is 513 g/mol. The Hall–Kier alpha value is -2.50. The summed E-state index contributed by atoms with van der Waals surface area (Å²) in [5.41, 5.74) is 1.49. The smallest absolute Gasteiger partial charge is 0.251 e. The van der Waals surface area contributed by atoms with Crippen molar-refractivity contribution in [1.29, 1.82) is 0 Å². The second-order valence-corrected chi connectivity index (χ2v) is 10.2. The Morgan fingerprint density at radius 3 is 2.78 bits per heavy atom. The molecule has 5 heterocycles. The molecule has 5 rings (SSSR count). The second kappa shape index (κ2) is 11.5. The van der Waals surface area contributed by atoms with E-state index in [-0.39, 0.29) is 24.2 Å². The van der Waals surface area contributed by atoms with Gasteiger partial charge >= 0.3 is 0 Å². The van der Waals surface area contributed by atoms with Crippen LogP contribution >= 0.6 is 0 Å². The molecule has 2 saturated heterocycles. The highest BCUT2D eigenvalue weighted by Crippen LogP contribution is 2.37. The molecule has 200 valence electrons. The van der Waals surface area contributed by atoms with E-state index < -0.39 is 11.4 Å². The number of ether oxygens (including phenoxy) is 2. The van der Waals surface area contributed by atoms with Gasteiger partial charge < -0.3 is 24.5 Å². The lowest BCUT2D eigenvalue weighted by Gasteiger charge is -2.37. The first kappa shape index (κ1) is 26.1. The SMILES string of the molecule is CCN=C(C=C1COCCCOC1)CNC1CCN(CC2(O)Cn3c(=O)ccc4ncc(F)c2c43)CC1. The Kier molecular flexibility index (Phi) is 8.11. The third-order valence-corrected chi connectivity index (χ3v) is 7.37. The fourth-order valence-electron chi connectivity index (χ4n) is 5.61. The quantitative estimate of drug-likeness (QED) is 0.543. The molecule has 2 fully saturated rings. The third-order valence-electron chi connectivity index (χ3n) is 7.37. The molecule has 2 aromatic rings. The normalized spacial score (nSPS) is 23.9. The summed E-state index contributed by atoms with van der Waals surface area (Å²) in [6.45, 7) is 7.83. The molecule has 0 saturated carbocycles. The number of aliphatic imine (C=N–C) groups is 1. The van der Waals surface area contributed by atoms with E-state index in [0.717, 1.165) is 49.8 Å². The maximum atomic E-state index is 14.8.